The fraction of sp³-hybridized carbons (Fsp3) is 0.500. The number of hydrogen-bond acceptors (Lipinski definition) is 4. The molecule has 7 heteroatoms. The maximum Gasteiger partial charge on any atom is 0.358 e. The van der Waals surface area contributed by atoms with Crippen LogP contribution in [0.2, 0.25) is 0 Å². The summed E-state index contributed by atoms with van der Waals surface area (Å²) in [7, 11) is 0. The van der Waals surface area contributed by atoms with Crippen molar-refractivity contribution in [3.8, 4) is 0 Å². The molecule has 0 fully saturated rings. The molecular weight excluding hydrogens is 196 g/mol. The second kappa shape index (κ2) is 4.78. The molecule has 0 aromatic carbocycles. The highest BCUT2D eigenvalue weighted by atomic mass is 35.5. The number of aromatic nitrogens is 3. The van der Waals surface area contributed by atoms with Crippen LogP contribution in [0.4, 0.5) is 0 Å². The van der Waals surface area contributed by atoms with Gasteiger partial charge < -0.3 is 10.8 Å². The van der Waals surface area contributed by atoms with Crippen molar-refractivity contribution in [1.82, 2.24) is 15.0 Å². The molecule has 0 saturated carbocycles. The first-order valence-electron chi connectivity index (χ1n) is 3.50. The van der Waals surface area contributed by atoms with Gasteiger partial charge in [0.05, 0.1) is 12.2 Å². The first kappa shape index (κ1) is 11.9. The minimum Gasteiger partial charge on any atom is -0.476 e. The maximum absolute atomic E-state index is 10.5. The van der Waals surface area contributed by atoms with Crippen LogP contribution in [0, 0.1) is 6.92 Å². The van der Waals surface area contributed by atoms with Gasteiger partial charge in [0.2, 0.25) is 0 Å². The number of aromatic carboxylic acids is 1. The molecule has 0 bridgehead atoms. The third-order valence-electron chi connectivity index (χ3n) is 1.53. The Bertz CT molecular complexity index is 299. The van der Waals surface area contributed by atoms with Gasteiger partial charge in [-0.05, 0) is 6.92 Å². The van der Waals surface area contributed by atoms with E-state index in [-0.39, 0.29) is 18.1 Å². The molecule has 1 heterocycles. The van der Waals surface area contributed by atoms with E-state index in [9.17, 15) is 4.79 Å². The van der Waals surface area contributed by atoms with Crippen LogP contribution in [0.1, 0.15) is 16.2 Å². The zero-order valence-corrected chi connectivity index (χ0v) is 7.91. The number of hydrogen-bond donors (Lipinski definition) is 2. The van der Waals surface area contributed by atoms with Crippen molar-refractivity contribution in [3.05, 3.63) is 11.4 Å². The lowest BCUT2D eigenvalue weighted by atomic mass is 10.3. The third kappa shape index (κ3) is 2.40. The van der Waals surface area contributed by atoms with E-state index in [1.165, 1.54) is 4.68 Å². The zero-order chi connectivity index (χ0) is 9.14. The molecule has 74 valence electrons. The smallest absolute Gasteiger partial charge is 0.358 e. The van der Waals surface area contributed by atoms with E-state index in [4.69, 9.17) is 10.8 Å². The van der Waals surface area contributed by atoms with Gasteiger partial charge >= 0.3 is 5.97 Å². The summed E-state index contributed by atoms with van der Waals surface area (Å²) in [6.07, 6.45) is 0. The predicted octanol–water partition coefficient (Wildman–Crippen LogP) is -0.335. The van der Waals surface area contributed by atoms with Crippen LogP contribution in [0.15, 0.2) is 0 Å². The summed E-state index contributed by atoms with van der Waals surface area (Å²) < 4.78 is 1.48. The Morgan fingerprint density at radius 3 is 2.69 bits per heavy atom. The highest BCUT2D eigenvalue weighted by Gasteiger charge is 2.13. The summed E-state index contributed by atoms with van der Waals surface area (Å²) in [5, 5.41) is 15.7. The normalized spacial score (nSPS) is 9.38. The molecule has 0 spiro atoms. The van der Waals surface area contributed by atoms with Gasteiger partial charge in [0.25, 0.3) is 0 Å². The summed E-state index contributed by atoms with van der Waals surface area (Å²) in [6, 6.07) is 0. The molecule has 1 aromatic heterocycles. The van der Waals surface area contributed by atoms with E-state index in [1.807, 2.05) is 0 Å². The van der Waals surface area contributed by atoms with Crippen LogP contribution in [-0.4, -0.2) is 32.6 Å². The van der Waals surface area contributed by atoms with Crippen molar-refractivity contribution in [3.63, 3.8) is 0 Å². The molecule has 0 unspecified atom stereocenters. The molecule has 0 aliphatic carbocycles. The Hall–Kier alpha value is -1.14. The number of carboxylic acids is 1. The first-order chi connectivity index (χ1) is 5.66. The van der Waals surface area contributed by atoms with Crippen molar-refractivity contribution >= 4 is 18.4 Å². The molecule has 13 heavy (non-hydrogen) atoms. The fourth-order valence-corrected chi connectivity index (χ4v) is 0.893. The predicted molar refractivity (Wildman–Crippen MR) is 48.0 cm³/mol. The van der Waals surface area contributed by atoms with E-state index in [2.05, 4.69) is 10.3 Å². The van der Waals surface area contributed by atoms with Crippen LogP contribution in [0.25, 0.3) is 0 Å². The fourth-order valence-electron chi connectivity index (χ4n) is 0.893. The van der Waals surface area contributed by atoms with Crippen molar-refractivity contribution < 1.29 is 9.90 Å². The van der Waals surface area contributed by atoms with Crippen LogP contribution in [0.5, 0.6) is 0 Å². The summed E-state index contributed by atoms with van der Waals surface area (Å²) in [4.78, 5) is 10.5. The number of nitrogens with zero attached hydrogens (tertiary/aromatic N) is 3. The van der Waals surface area contributed by atoms with Crippen molar-refractivity contribution in [1.29, 1.82) is 0 Å². The average Bonchev–Trinajstić information content (AvgIpc) is 2.34. The van der Waals surface area contributed by atoms with Gasteiger partial charge in [0, 0.05) is 6.54 Å². The highest BCUT2D eigenvalue weighted by Crippen LogP contribution is 2.02. The standard InChI is InChI=1S/C6H10N4O2.ClH/c1-4-5(6(11)12)8-9-10(4)3-2-7;/h2-3,7H2,1H3,(H,11,12);1H. The summed E-state index contributed by atoms with van der Waals surface area (Å²) >= 11 is 0. The van der Waals surface area contributed by atoms with E-state index in [0.29, 0.717) is 18.8 Å². The van der Waals surface area contributed by atoms with Crippen LogP contribution < -0.4 is 5.73 Å². The molecule has 0 aliphatic rings. The number of rotatable bonds is 3. The second-order valence-electron chi connectivity index (χ2n) is 2.34. The molecule has 0 radical (unpaired) electrons. The monoisotopic (exact) mass is 206 g/mol. The number of carboxylic acid groups (broad SMARTS) is 1. The quantitative estimate of drug-likeness (QED) is 0.706. The van der Waals surface area contributed by atoms with Gasteiger partial charge in [-0.25, -0.2) is 9.48 Å². The average molecular weight is 207 g/mol. The van der Waals surface area contributed by atoms with Gasteiger partial charge in [0.15, 0.2) is 5.69 Å². The van der Waals surface area contributed by atoms with E-state index >= 15 is 0 Å². The molecule has 0 atom stereocenters. The van der Waals surface area contributed by atoms with E-state index in [1.54, 1.807) is 6.92 Å². The molecule has 0 aliphatic heterocycles. The summed E-state index contributed by atoms with van der Waals surface area (Å²) in [5.74, 6) is -1.06. The highest BCUT2D eigenvalue weighted by molar-refractivity contribution is 5.86. The lowest BCUT2D eigenvalue weighted by Crippen LogP contribution is -2.12. The SMILES string of the molecule is Cc1c(C(=O)O)nnn1CCN.Cl. The largest absolute Gasteiger partial charge is 0.476 e. The van der Waals surface area contributed by atoms with Crippen LogP contribution in [0.3, 0.4) is 0 Å². The molecule has 6 nitrogen and oxygen atoms in total. The zero-order valence-electron chi connectivity index (χ0n) is 7.10. The van der Waals surface area contributed by atoms with E-state index < -0.39 is 5.97 Å². The minimum absolute atomic E-state index is 0. The third-order valence-corrected chi connectivity index (χ3v) is 1.53. The second-order valence-corrected chi connectivity index (χ2v) is 2.34. The Balaban J connectivity index is 0.00000144. The molecule has 1 rings (SSSR count). The van der Waals surface area contributed by atoms with Gasteiger partial charge in [-0.2, -0.15) is 0 Å². The minimum atomic E-state index is -1.06. The first-order valence-corrected chi connectivity index (χ1v) is 3.50. The number of halogens is 1. The van der Waals surface area contributed by atoms with Gasteiger partial charge in [-0.3, -0.25) is 0 Å². The van der Waals surface area contributed by atoms with Gasteiger partial charge in [-0.1, -0.05) is 5.21 Å². The molecule has 0 amide bonds. The van der Waals surface area contributed by atoms with Crippen LogP contribution in [-0.2, 0) is 6.54 Å². The van der Waals surface area contributed by atoms with Crippen molar-refractivity contribution in [2.24, 2.45) is 5.73 Å². The summed E-state index contributed by atoms with van der Waals surface area (Å²) in [6.45, 7) is 2.56. The Morgan fingerprint density at radius 2 is 2.31 bits per heavy atom. The molecule has 0 saturated heterocycles. The number of nitrogens with two attached hydrogens (primary N) is 1. The lowest BCUT2D eigenvalue weighted by molar-refractivity contribution is 0.0689. The van der Waals surface area contributed by atoms with Gasteiger partial charge in [0.1, 0.15) is 0 Å². The van der Waals surface area contributed by atoms with E-state index in [0.717, 1.165) is 0 Å². The topological polar surface area (TPSA) is 94.0 Å². The van der Waals surface area contributed by atoms with Crippen molar-refractivity contribution in [2.75, 3.05) is 6.54 Å². The molecular formula is C6H11ClN4O2. The lowest BCUT2D eigenvalue weighted by Gasteiger charge is -1.98. The molecule has 1 aromatic rings. The maximum atomic E-state index is 10.5. The Labute approximate surface area is 81.1 Å². The summed E-state index contributed by atoms with van der Waals surface area (Å²) in [5.41, 5.74) is 5.80. The van der Waals surface area contributed by atoms with Crippen LogP contribution >= 0.6 is 12.4 Å². The Kier molecular flexibility index (Phi) is 4.36. The van der Waals surface area contributed by atoms with Gasteiger partial charge in [-0.15, -0.1) is 17.5 Å². The number of carbonyl (C=O) groups is 1. The molecule has 3 N–H and O–H groups in total. The van der Waals surface area contributed by atoms with Crippen molar-refractivity contribution in [2.45, 2.75) is 13.5 Å². The Morgan fingerprint density at radius 1 is 1.69 bits per heavy atom.